The van der Waals surface area contributed by atoms with Crippen LogP contribution in [-0.4, -0.2) is 18.7 Å². The van der Waals surface area contributed by atoms with Crippen LogP contribution in [0.3, 0.4) is 0 Å². The highest BCUT2D eigenvalue weighted by Crippen LogP contribution is 2.36. The van der Waals surface area contributed by atoms with Crippen molar-refractivity contribution in [2.75, 3.05) is 13.7 Å². The molecule has 0 saturated heterocycles. The van der Waals surface area contributed by atoms with E-state index in [9.17, 15) is 0 Å². The number of benzene rings is 1. The minimum atomic E-state index is -0.214. The van der Waals surface area contributed by atoms with Crippen molar-refractivity contribution in [1.82, 2.24) is 4.98 Å². The van der Waals surface area contributed by atoms with Gasteiger partial charge < -0.3 is 14.2 Å². The van der Waals surface area contributed by atoms with E-state index in [4.69, 9.17) is 19.5 Å². The zero-order chi connectivity index (χ0) is 13.9. The first kappa shape index (κ1) is 12.3. The first-order chi connectivity index (χ1) is 9.80. The number of rotatable bonds is 2. The third kappa shape index (κ3) is 2.24. The fourth-order valence-electron chi connectivity index (χ4n) is 2.01. The molecule has 0 amide bonds. The molecule has 20 heavy (non-hydrogen) atoms. The third-order valence-corrected chi connectivity index (χ3v) is 3.07. The highest BCUT2D eigenvalue weighted by Gasteiger charge is 2.23. The fourth-order valence-corrected chi connectivity index (χ4v) is 2.01. The summed E-state index contributed by atoms with van der Waals surface area (Å²) in [7, 11) is 1.57. The molecule has 0 N–H and O–H groups in total. The molecule has 1 unspecified atom stereocenters. The molecule has 0 fully saturated rings. The average molecular weight is 268 g/mol. The standard InChI is InChI=1S/C15H12N2O3/c1-18-15-5-3-11(8-17-15)14-9-19-13-6-10(7-16)2-4-12(13)20-14/h2-6,8,14H,9H2,1H3. The Bertz CT molecular complexity index is 662. The maximum Gasteiger partial charge on any atom is 0.212 e. The minimum absolute atomic E-state index is 0.214. The van der Waals surface area contributed by atoms with E-state index in [-0.39, 0.29) is 6.10 Å². The van der Waals surface area contributed by atoms with E-state index < -0.39 is 0 Å². The normalized spacial score (nSPS) is 16.3. The van der Waals surface area contributed by atoms with Gasteiger partial charge in [-0.3, -0.25) is 0 Å². The summed E-state index contributed by atoms with van der Waals surface area (Å²) in [6.45, 7) is 0.385. The smallest absolute Gasteiger partial charge is 0.212 e. The van der Waals surface area contributed by atoms with Gasteiger partial charge in [0.1, 0.15) is 6.61 Å². The van der Waals surface area contributed by atoms with Gasteiger partial charge in [0.25, 0.3) is 0 Å². The van der Waals surface area contributed by atoms with E-state index in [2.05, 4.69) is 11.1 Å². The molecule has 0 radical (unpaired) electrons. The van der Waals surface area contributed by atoms with E-state index in [0.29, 0.717) is 29.5 Å². The lowest BCUT2D eigenvalue weighted by Crippen LogP contribution is -2.21. The Balaban J connectivity index is 1.82. The van der Waals surface area contributed by atoms with E-state index in [1.807, 2.05) is 6.07 Å². The predicted octanol–water partition coefficient (Wildman–Crippen LogP) is 2.47. The Hall–Kier alpha value is -2.74. The number of ether oxygens (including phenoxy) is 3. The zero-order valence-electron chi connectivity index (χ0n) is 10.9. The van der Waals surface area contributed by atoms with Gasteiger partial charge in [-0.2, -0.15) is 5.26 Å². The van der Waals surface area contributed by atoms with Crippen LogP contribution in [0, 0.1) is 11.3 Å². The first-order valence-electron chi connectivity index (χ1n) is 6.13. The molecule has 1 atom stereocenters. The Labute approximate surface area is 116 Å². The lowest BCUT2D eigenvalue weighted by Gasteiger charge is -2.26. The van der Waals surface area contributed by atoms with Crippen LogP contribution < -0.4 is 14.2 Å². The van der Waals surface area contributed by atoms with Gasteiger partial charge in [0.2, 0.25) is 5.88 Å². The van der Waals surface area contributed by atoms with Gasteiger partial charge in [-0.15, -0.1) is 0 Å². The molecule has 1 aliphatic rings. The van der Waals surface area contributed by atoms with Crippen LogP contribution in [0.4, 0.5) is 0 Å². The number of hydrogen-bond acceptors (Lipinski definition) is 5. The summed E-state index contributed by atoms with van der Waals surface area (Å²) in [5, 5.41) is 8.85. The van der Waals surface area contributed by atoms with Crippen molar-refractivity contribution in [3.8, 4) is 23.4 Å². The van der Waals surface area contributed by atoms with Gasteiger partial charge in [-0.25, -0.2) is 4.98 Å². The quantitative estimate of drug-likeness (QED) is 0.837. The molecular formula is C15H12N2O3. The molecule has 2 aromatic rings. The monoisotopic (exact) mass is 268 g/mol. The number of fused-ring (bicyclic) bond motifs is 1. The Morgan fingerprint density at radius 3 is 2.90 bits per heavy atom. The second-order valence-electron chi connectivity index (χ2n) is 4.32. The Morgan fingerprint density at radius 2 is 2.20 bits per heavy atom. The average Bonchev–Trinajstić information content (AvgIpc) is 2.54. The van der Waals surface area contributed by atoms with Gasteiger partial charge in [-0.1, -0.05) is 0 Å². The summed E-state index contributed by atoms with van der Waals surface area (Å²) in [6.07, 6.45) is 1.50. The molecule has 1 aromatic heterocycles. The van der Waals surface area contributed by atoms with Crippen LogP contribution in [0.1, 0.15) is 17.2 Å². The number of nitriles is 1. The maximum absolute atomic E-state index is 8.85. The highest BCUT2D eigenvalue weighted by atomic mass is 16.6. The Morgan fingerprint density at radius 1 is 1.30 bits per heavy atom. The molecule has 3 rings (SSSR count). The molecule has 1 aromatic carbocycles. The van der Waals surface area contributed by atoms with Crippen molar-refractivity contribution in [1.29, 1.82) is 5.26 Å². The molecule has 5 heteroatoms. The van der Waals surface area contributed by atoms with Gasteiger partial charge in [0, 0.05) is 23.9 Å². The van der Waals surface area contributed by atoms with Crippen molar-refractivity contribution in [3.05, 3.63) is 47.7 Å². The SMILES string of the molecule is COc1ccc(C2COc3cc(C#N)ccc3O2)cn1. The van der Waals surface area contributed by atoms with E-state index in [1.165, 1.54) is 0 Å². The summed E-state index contributed by atoms with van der Waals surface area (Å²) < 4.78 is 16.6. The van der Waals surface area contributed by atoms with Crippen LogP contribution in [0.25, 0.3) is 0 Å². The van der Waals surface area contributed by atoms with Crippen molar-refractivity contribution in [2.24, 2.45) is 0 Å². The van der Waals surface area contributed by atoms with Gasteiger partial charge in [0.05, 0.1) is 18.7 Å². The molecule has 0 spiro atoms. The second-order valence-corrected chi connectivity index (χ2v) is 4.32. The molecule has 100 valence electrons. The summed E-state index contributed by atoms with van der Waals surface area (Å²) in [6, 6.07) is 10.9. The summed E-state index contributed by atoms with van der Waals surface area (Å²) in [5.41, 5.74) is 1.47. The van der Waals surface area contributed by atoms with Crippen molar-refractivity contribution in [2.45, 2.75) is 6.10 Å². The molecule has 2 heterocycles. The predicted molar refractivity (Wildman–Crippen MR) is 70.8 cm³/mol. The van der Waals surface area contributed by atoms with Crippen LogP contribution in [0.5, 0.6) is 17.4 Å². The van der Waals surface area contributed by atoms with E-state index >= 15 is 0 Å². The van der Waals surface area contributed by atoms with Crippen molar-refractivity contribution < 1.29 is 14.2 Å². The molecule has 0 saturated carbocycles. The summed E-state index contributed by atoms with van der Waals surface area (Å²) in [5.74, 6) is 1.79. The number of aromatic nitrogens is 1. The minimum Gasteiger partial charge on any atom is -0.485 e. The Kier molecular flexibility index (Phi) is 3.13. The largest absolute Gasteiger partial charge is 0.485 e. The van der Waals surface area contributed by atoms with E-state index in [0.717, 1.165) is 5.56 Å². The van der Waals surface area contributed by atoms with Crippen LogP contribution >= 0.6 is 0 Å². The number of methoxy groups -OCH3 is 1. The lowest BCUT2D eigenvalue weighted by atomic mass is 10.1. The third-order valence-electron chi connectivity index (χ3n) is 3.07. The fraction of sp³-hybridized carbons (Fsp3) is 0.200. The number of nitrogens with zero attached hydrogens (tertiary/aromatic N) is 2. The topological polar surface area (TPSA) is 64.4 Å². The van der Waals surface area contributed by atoms with Crippen LogP contribution in [-0.2, 0) is 0 Å². The molecule has 0 aliphatic carbocycles. The summed E-state index contributed by atoms with van der Waals surface area (Å²) in [4.78, 5) is 4.15. The number of pyridine rings is 1. The zero-order valence-corrected chi connectivity index (χ0v) is 10.9. The lowest BCUT2D eigenvalue weighted by molar-refractivity contribution is 0.0909. The second kappa shape index (κ2) is 5.10. The van der Waals surface area contributed by atoms with Gasteiger partial charge in [0.15, 0.2) is 17.6 Å². The first-order valence-corrected chi connectivity index (χ1v) is 6.13. The maximum atomic E-state index is 8.85. The highest BCUT2D eigenvalue weighted by molar-refractivity contribution is 5.48. The number of hydrogen-bond donors (Lipinski definition) is 0. The van der Waals surface area contributed by atoms with Crippen molar-refractivity contribution in [3.63, 3.8) is 0 Å². The van der Waals surface area contributed by atoms with E-state index in [1.54, 1.807) is 37.6 Å². The van der Waals surface area contributed by atoms with Crippen molar-refractivity contribution >= 4 is 0 Å². The van der Waals surface area contributed by atoms with Gasteiger partial charge in [-0.05, 0) is 18.2 Å². The molecular weight excluding hydrogens is 256 g/mol. The molecule has 5 nitrogen and oxygen atoms in total. The van der Waals surface area contributed by atoms with Crippen LogP contribution in [0.2, 0.25) is 0 Å². The van der Waals surface area contributed by atoms with Gasteiger partial charge >= 0.3 is 0 Å². The summed E-state index contributed by atoms with van der Waals surface area (Å²) >= 11 is 0. The molecule has 0 bridgehead atoms. The molecule has 1 aliphatic heterocycles. The van der Waals surface area contributed by atoms with Crippen LogP contribution in [0.15, 0.2) is 36.5 Å².